The lowest BCUT2D eigenvalue weighted by Crippen LogP contribution is -2.26. The third kappa shape index (κ3) is 3.59. The van der Waals surface area contributed by atoms with Crippen LogP contribution < -0.4 is 10.6 Å². The SMILES string of the molecule is CNCCCNC(=O)c1ccc(-n2cnnn2)cc1. The van der Waals surface area contributed by atoms with E-state index in [1.807, 2.05) is 7.05 Å². The first-order valence-electron chi connectivity index (χ1n) is 6.07. The Labute approximate surface area is 111 Å². The van der Waals surface area contributed by atoms with Gasteiger partial charge in [0.1, 0.15) is 6.33 Å². The molecule has 7 nitrogen and oxygen atoms in total. The lowest BCUT2D eigenvalue weighted by molar-refractivity contribution is 0.0953. The van der Waals surface area contributed by atoms with Crippen molar-refractivity contribution in [2.75, 3.05) is 20.1 Å². The van der Waals surface area contributed by atoms with E-state index in [4.69, 9.17) is 0 Å². The maximum atomic E-state index is 11.8. The Bertz CT molecular complexity index is 508. The summed E-state index contributed by atoms with van der Waals surface area (Å²) in [7, 11) is 1.89. The molecule has 1 aromatic heterocycles. The number of amides is 1. The molecule has 19 heavy (non-hydrogen) atoms. The van der Waals surface area contributed by atoms with Gasteiger partial charge >= 0.3 is 0 Å². The minimum Gasteiger partial charge on any atom is -0.352 e. The summed E-state index contributed by atoms with van der Waals surface area (Å²) < 4.78 is 1.54. The topological polar surface area (TPSA) is 84.7 Å². The highest BCUT2D eigenvalue weighted by Crippen LogP contribution is 2.07. The number of nitrogens with zero attached hydrogens (tertiary/aromatic N) is 4. The van der Waals surface area contributed by atoms with E-state index < -0.39 is 0 Å². The molecule has 0 unspecified atom stereocenters. The summed E-state index contributed by atoms with van der Waals surface area (Å²) in [6, 6.07) is 7.12. The van der Waals surface area contributed by atoms with Crippen molar-refractivity contribution in [3.8, 4) is 5.69 Å². The Kier molecular flexibility index (Phi) is 4.57. The Morgan fingerprint density at radius 2 is 2.05 bits per heavy atom. The fourth-order valence-electron chi connectivity index (χ4n) is 1.61. The summed E-state index contributed by atoms with van der Waals surface area (Å²) in [5.41, 5.74) is 1.44. The molecular formula is C12H16N6O. The van der Waals surface area contributed by atoms with E-state index in [9.17, 15) is 4.79 Å². The van der Waals surface area contributed by atoms with Crippen LogP contribution in [0.15, 0.2) is 30.6 Å². The fourth-order valence-corrected chi connectivity index (χ4v) is 1.61. The van der Waals surface area contributed by atoms with Gasteiger partial charge in [-0.2, -0.15) is 0 Å². The minimum absolute atomic E-state index is 0.0700. The first-order chi connectivity index (χ1) is 9.31. The van der Waals surface area contributed by atoms with Crippen molar-refractivity contribution in [2.24, 2.45) is 0 Å². The number of rotatable bonds is 6. The Morgan fingerprint density at radius 3 is 2.68 bits per heavy atom. The second-order valence-electron chi connectivity index (χ2n) is 4.01. The van der Waals surface area contributed by atoms with E-state index in [-0.39, 0.29) is 5.91 Å². The van der Waals surface area contributed by atoms with Gasteiger partial charge in [-0.25, -0.2) is 4.68 Å². The smallest absolute Gasteiger partial charge is 0.251 e. The predicted octanol–water partition coefficient (Wildman–Crippen LogP) is 0.00160. The first kappa shape index (κ1) is 13.2. The Hall–Kier alpha value is -2.28. The molecule has 0 radical (unpaired) electrons. The summed E-state index contributed by atoms with van der Waals surface area (Å²) in [6.45, 7) is 1.55. The number of hydrogen-bond donors (Lipinski definition) is 2. The lowest BCUT2D eigenvalue weighted by atomic mass is 10.2. The molecule has 7 heteroatoms. The van der Waals surface area contributed by atoms with Crippen molar-refractivity contribution in [3.05, 3.63) is 36.2 Å². The molecule has 0 spiro atoms. The van der Waals surface area contributed by atoms with Crippen LogP contribution in [-0.2, 0) is 0 Å². The number of aromatic nitrogens is 4. The molecule has 0 atom stereocenters. The standard InChI is InChI=1S/C12H16N6O/c1-13-7-2-8-14-12(19)10-3-5-11(6-4-10)18-9-15-16-17-18/h3-6,9,13H,2,7-8H2,1H3,(H,14,19). The van der Waals surface area contributed by atoms with E-state index in [2.05, 4.69) is 26.2 Å². The van der Waals surface area contributed by atoms with Crippen molar-refractivity contribution < 1.29 is 4.79 Å². The zero-order chi connectivity index (χ0) is 13.5. The number of benzene rings is 1. The largest absolute Gasteiger partial charge is 0.352 e. The van der Waals surface area contributed by atoms with E-state index in [1.54, 1.807) is 24.3 Å². The van der Waals surface area contributed by atoms with E-state index in [1.165, 1.54) is 11.0 Å². The van der Waals surface area contributed by atoms with Gasteiger partial charge < -0.3 is 10.6 Å². The Morgan fingerprint density at radius 1 is 1.26 bits per heavy atom. The van der Waals surface area contributed by atoms with Crippen molar-refractivity contribution in [3.63, 3.8) is 0 Å². The van der Waals surface area contributed by atoms with Crippen LogP contribution in [0.25, 0.3) is 5.69 Å². The fraction of sp³-hybridized carbons (Fsp3) is 0.333. The molecule has 2 N–H and O–H groups in total. The van der Waals surface area contributed by atoms with E-state index >= 15 is 0 Å². The molecule has 2 aromatic rings. The van der Waals surface area contributed by atoms with Gasteiger partial charge in [0.15, 0.2) is 0 Å². The van der Waals surface area contributed by atoms with Crippen LogP contribution in [0.1, 0.15) is 16.8 Å². The Balaban J connectivity index is 1.93. The number of tetrazole rings is 1. The van der Waals surface area contributed by atoms with Crippen LogP contribution in [0.3, 0.4) is 0 Å². The summed E-state index contributed by atoms with van der Waals surface area (Å²) >= 11 is 0. The predicted molar refractivity (Wildman–Crippen MR) is 70.0 cm³/mol. The summed E-state index contributed by atoms with van der Waals surface area (Å²) in [6.07, 6.45) is 2.41. The van der Waals surface area contributed by atoms with Crippen molar-refractivity contribution in [1.82, 2.24) is 30.8 Å². The highest BCUT2D eigenvalue weighted by Gasteiger charge is 2.05. The van der Waals surface area contributed by atoms with Crippen LogP contribution in [0.5, 0.6) is 0 Å². The third-order valence-corrected chi connectivity index (χ3v) is 2.63. The molecule has 0 saturated heterocycles. The van der Waals surface area contributed by atoms with Crippen LogP contribution in [0.4, 0.5) is 0 Å². The number of hydrogen-bond acceptors (Lipinski definition) is 5. The van der Waals surface area contributed by atoms with Crippen molar-refractivity contribution >= 4 is 5.91 Å². The molecule has 1 aromatic carbocycles. The highest BCUT2D eigenvalue weighted by atomic mass is 16.1. The second kappa shape index (κ2) is 6.60. The zero-order valence-corrected chi connectivity index (χ0v) is 10.7. The van der Waals surface area contributed by atoms with Gasteiger partial charge in [0.2, 0.25) is 0 Å². The number of nitrogens with one attached hydrogen (secondary N) is 2. The quantitative estimate of drug-likeness (QED) is 0.714. The van der Waals surface area contributed by atoms with Gasteiger partial charge in [-0.05, 0) is 54.7 Å². The number of carbonyl (C=O) groups is 1. The second-order valence-corrected chi connectivity index (χ2v) is 4.01. The van der Waals surface area contributed by atoms with Gasteiger partial charge in [0.25, 0.3) is 5.91 Å². The first-order valence-corrected chi connectivity index (χ1v) is 6.07. The van der Waals surface area contributed by atoms with Gasteiger partial charge in [-0.1, -0.05) is 0 Å². The molecule has 0 fully saturated rings. The molecule has 0 bridgehead atoms. The average Bonchev–Trinajstić information content (AvgIpc) is 2.98. The number of carbonyl (C=O) groups excluding carboxylic acids is 1. The van der Waals surface area contributed by atoms with Gasteiger partial charge in [0.05, 0.1) is 5.69 Å². The van der Waals surface area contributed by atoms with Crippen LogP contribution in [0.2, 0.25) is 0 Å². The van der Waals surface area contributed by atoms with E-state index in [0.29, 0.717) is 12.1 Å². The summed E-state index contributed by atoms with van der Waals surface area (Å²) in [5, 5.41) is 16.8. The monoisotopic (exact) mass is 260 g/mol. The molecule has 0 aliphatic carbocycles. The van der Waals surface area contributed by atoms with Crippen LogP contribution in [0, 0.1) is 0 Å². The average molecular weight is 260 g/mol. The minimum atomic E-state index is -0.0700. The highest BCUT2D eigenvalue weighted by molar-refractivity contribution is 5.94. The van der Waals surface area contributed by atoms with Crippen molar-refractivity contribution in [2.45, 2.75) is 6.42 Å². The molecule has 100 valence electrons. The van der Waals surface area contributed by atoms with Gasteiger partial charge in [-0.15, -0.1) is 5.10 Å². The molecule has 1 heterocycles. The molecule has 2 rings (SSSR count). The molecule has 0 saturated carbocycles. The van der Waals surface area contributed by atoms with Gasteiger partial charge in [-0.3, -0.25) is 4.79 Å². The van der Waals surface area contributed by atoms with Crippen molar-refractivity contribution in [1.29, 1.82) is 0 Å². The molecular weight excluding hydrogens is 244 g/mol. The maximum absolute atomic E-state index is 11.8. The van der Waals surface area contributed by atoms with E-state index in [0.717, 1.165) is 18.7 Å². The normalized spacial score (nSPS) is 10.4. The van der Waals surface area contributed by atoms with Crippen LogP contribution in [-0.4, -0.2) is 46.3 Å². The third-order valence-electron chi connectivity index (χ3n) is 2.63. The summed E-state index contributed by atoms with van der Waals surface area (Å²) in [4.78, 5) is 11.8. The summed E-state index contributed by atoms with van der Waals surface area (Å²) in [5.74, 6) is -0.0700. The molecule has 0 aliphatic heterocycles. The van der Waals surface area contributed by atoms with Crippen LogP contribution >= 0.6 is 0 Å². The molecule has 0 aliphatic rings. The van der Waals surface area contributed by atoms with Gasteiger partial charge in [0, 0.05) is 12.1 Å². The lowest BCUT2D eigenvalue weighted by Gasteiger charge is -2.05. The zero-order valence-electron chi connectivity index (χ0n) is 10.7. The molecule has 1 amide bonds. The maximum Gasteiger partial charge on any atom is 0.251 e.